The Morgan fingerprint density at radius 3 is 2.44 bits per heavy atom. The number of ether oxygens (including phenoxy) is 1. The maximum Gasteiger partial charge on any atom is 0.433 e. The zero-order chi connectivity index (χ0) is 26.3. The lowest BCUT2D eigenvalue weighted by Gasteiger charge is -2.14. The molecule has 1 atom stereocenters. The van der Waals surface area contributed by atoms with E-state index < -0.39 is 33.8 Å². The number of nitrogens with zero attached hydrogens (tertiary/aromatic N) is 5. The molecule has 4 rings (SSSR count). The minimum Gasteiger partial charge on any atom is -0.424 e. The van der Waals surface area contributed by atoms with Crippen LogP contribution in [0.4, 0.5) is 17.6 Å². The van der Waals surface area contributed by atoms with Gasteiger partial charge in [0.25, 0.3) is 10.0 Å². The molecule has 1 N–H and O–H groups in total. The third-order valence-electron chi connectivity index (χ3n) is 5.07. The maximum atomic E-state index is 13.1. The largest absolute Gasteiger partial charge is 0.433 e. The van der Waals surface area contributed by atoms with Crippen molar-refractivity contribution in [3.8, 4) is 22.3 Å². The van der Waals surface area contributed by atoms with Crippen molar-refractivity contribution in [2.24, 2.45) is 7.05 Å². The lowest BCUT2D eigenvalue weighted by atomic mass is 10.3. The minimum atomic E-state index is -4.59. The van der Waals surface area contributed by atoms with E-state index in [1.54, 1.807) is 18.4 Å². The van der Waals surface area contributed by atoms with Crippen molar-refractivity contribution >= 4 is 21.4 Å². The third-order valence-corrected chi connectivity index (χ3v) is 8.21. The second kappa shape index (κ2) is 9.63. The van der Waals surface area contributed by atoms with Gasteiger partial charge in [0, 0.05) is 13.6 Å². The predicted molar refractivity (Wildman–Crippen MR) is 122 cm³/mol. The van der Waals surface area contributed by atoms with E-state index in [0.29, 0.717) is 17.0 Å². The van der Waals surface area contributed by atoms with E-state index in [9.17, 15) is 26.0 Å². The number of alkyl halides is 3. The summed E-state index contributed by atoms with van der Waals surface area (Å²) in [6, 6.07) is 8.12. The lowest BCUT2D eigenvalue weighted by Crippen LogP contribution is -2.28. The number of hydrogen-bond acceptors (Lipinski definition) is 7. The molecule has 1 aromatic carbocycles. The van der Waals surface area contributed by atoms with Crippen LogP contribution in [0.1, 0.15) is 31.4 Å². The molecule has 36 heavy (non-hydrogen) atoms. The molecule has 15 heteroatoms. The Morgan fingerprint density at radius 1 is 1.14 bits per heavy atom. The molecule has 9 nitrogen and oxygen atoms in total. The number of aromatic nitrogens is 5. The fourth-order valence-electron chi connectivity index (χ4n) is 3.40. The highest BCUT2D eigenvalue weighted by atomic mass is 32.2. The van der Waals surface area contributed by atoms with Crippen molar-refractivity contribution in [3.63, 3.8) is 0 Å². The second-order valence-corrected chi connectivity index (χ2v) is 10.7. The molecule has 0 aliphatic carbocycles. The van der Waals surface area contributed by atoms with Crippen LogP contribution in [0.5, 0.6) is 11.8 Å². The Labute approximate surface area is 207 Å². The molecule has 0 bridgehead atoms. The van der Waals surface area contributed by atoms with Gasteiger partial charge in [-0.25, -0.2) is 12.8 Å². The zero-order valence-electron chi connectivity index (χ0n) is 19.1. The number of sulfonamides is 1. The molecule has 0 aliphatic rings. The molecule has 3 aromatic heterocycles. The fourth-order valence-corrected chi connectivity index (χ4v) is 5.88. The number of halogens is 4. The van der Waals surface area contributed by atoms with Crippen LogP contribution in [0.3, 0.4) is 0 Å². The monoisotopic (exact) mass is 544 g/mol. The third kappa shape index (κ3) is 5.27. The summed E-state index contributed by atoms with van der Waals surface area (Å²) in [4.78, 5) is 0.265. The summed E-state index contributed by atoms with van der Waals surface area (Å²) in [5.74, 6) is 0.172. The van der Waals surface area contributed by atoms with Crippen LogP contribution in [0.15, 0.2) is 46.7 Å². The van der Waals surface area contributed by atoms with Crippen molar-refractivity contribution in [2.75, 3.05) is 0 Å². The molecular weight excluding hydrogens is 524 g/mol. The second-order valence-electron chi connectivity index (χ2n) is 7.64. The van der Waals surface area contributed by atoms with E-state index in [2.05, 4.69) is 20.0 Å². The normalized spacial score (nSPS) is 13.2. The van der Waals surface area contributed by atoms with Crippen molar-refractivity contribution in [3.05, 3.63) is 59.8 Å². The van der Waals surface area contributed by atoms with Crippen molar-refractivity contribution in [1.29, 1.82) is 0 Å². The number of nitrogens with one attached hydrogen (secondary N) is 1. The molecule has 0 amide bonds. The van der Waals surface area contributed by atoms with Gasteiger partial charge in [-0.1, -0.05) is 5.10 Å². The zero-order valence-corrected chi connectivity index (χ0v) is 20.7. The lowest BCUT2D eigenvalue weighted by molar-refractivity contribution is -0.143. The summed E-state index contributed by atoms with van der Waals surface area (Å²) in [6.45, 7) is 3.72. The maximum absolute atomic E-state index is 13.1. The van der Waals surface area contributed by atoms with Gasteiger partial charge in [-0.2, -0.15) is 23.0 Å². The van der Waals surface area contributed by atoms with E-state index in [4.69, 9.17) is 4.74 Å². The first-order valence-electron chi connectivity index (χ1n) is 10.5. The smallest absolute Gasteiger partial charge is 0.424 e. The molecule has 4 aromatic rings. The van der Waals surface area contributed by atoms with Crippen molar-refractivity contribution in [1.82, 2.24) is 29.3 Å². The number of hydrogen-bond donors (Lipinski definition) is 1. The number of thiophene rings is 1. The van der Waals surface area contributed by atoms with Crippen LogP contribution in [0.25, 0.3) is 10.6 Å². The topological polar surface area (TPSA) is 104 Å². The van der Waals surface area contributed by atoms with E-state index in [-0.39, 0.29) is 26.6 Å². The Balaban J connectivity index is 1.53. The van der Waals surface area contributed by atoms with Gasteiger partial charge in [-0.15, -0.1) is 16.4 Å². The average Bonchev–Trinajstić information content (AvgIpc) is 3.52. The summed E-state index contributed by atoms with van der Waals surface area (Å²) >= 11 is 0.789. The SMILES string of the molecule is CCn1c(Oc2ccc(F)cc2)nnc1[C@@H](C)NS(=O)(=O)c1ccc(-c2cc(C(F)(F)F)n(C)n2)s1. The Kier molecular flexibility index (Phi) is 6.90. The summed E-state index contributed by atoms with van der Waals surface area (Å²) in [6.07, 6.45) is -4.59. The molecule has 0 radical (unpaired) electrons. The van der Waals surface area contributed by atoms with Crippen LogP contribution < -0.4 is 9.46 Å². The molecule has 192 valence electrons. The van der Waals surface area contributed by atoms with Crippen LogP contribution in [-0.2, 0) is 29.8 Å². The minimum absolute atomic E-state index is 0.0117. The highest BCUT2D eigenvalue weighted by molar-refractivity contribution is 7.91. The summed E-state index contributed by atoms with van der Waals surface area (Å²) < 4.78 is 88.7. The molecule has 0 spiro atoms. The van der Waals surface area contributed by atoms with E-state index in [1.807, 2.05) is 0 Å². The molecule has 0 unspecified atom stereocenters. The molecule has 0 aliphatic heterocycles. The van der Waals surface area contributed by atoms with Gasteiger partial charge in [-0.05, 0) is 56.3 Å². The summed E-state index contributed by atoms with van der Waals surface area (Å²) in [5, 5.41) is 11.9. The van der Waals surface area contributed by atoms with Gasteiger partial charge >= 0.3 is 12.2 Å². The first kappa shape index (κ1) is 25.8. The van der Waals surface area contributed by atoms with Crippen LogP contribution in [-0.4, -0.2) is 33.0 Å². The Bertz CT molecular complexity index is 1480. The Hall–Kier alpha value is -3.30. The molecule has 0 saturated carbocycles. The summed E-state index contributed by atoms with van der Waals surface area (Å²) in [7, 11) is -2.89. The average molecular weight is 545 g/mol. The van der Waals surface area contributed by atoms with Crippen molar-refractivity contribution in [2.45, 2.75) is 36.8 Å². The molecule has 0 saturated heterocycles. The summed E-state index contributed by atoms with van der Waals surface area (Å²) in [5.41, 5.74) is -0.933. The fraction of sp³-hybridized carbons (Fsp3) is 0.286. The van der Waals surface area contributed by atoms with Gasteiger partial charge in [-0.3, -0.25) is 9.25 Å². The molecule has 3 heterocycles. The van der Waals surface area contributed by atoms with Gasteiger partial charge in [0.1, 0.15) is 27.2 Å². The van der Waals surface area contributed by atoms with E-state index >= 15 is 0 Å². The standard InChI is InChI=1S/C21H20F4N6O3S2/c1-4-31-19(26-27-20(31)34-14-7-5-13(22)6-8-14)12(2)29-36(32,33)18-10-9-16(35-18)15-11-17(21(23,24)25)30(3)28-15/h5-12,29H,4H2,1-3H3/t12-/m1/s1. The van der Waals surface area contributed by atoms with Crippen LogP contribution in [0.2, 0.25) is 0 Å². The van der Waals surface area contributed by atoms with Crippen LogP contribution >= 0.6 is 11.3 Å². The van der Waals surface area contributed by atoms with Crippen LogP contribution in [0, 0.1) is 5.82 Å². The van der Waals surface area contributed by atoms with Gasteiger partial charge in [0.2, 0.25) is 0 Å². The van der Waals surface area contributed by atoms with E-state index in [1.165, 1.54) is 43.4 Å². The number of benzene rings is 1. The quantitative estimate of drug-likeness (QED) is 0.321. The highest BCUT2D eigenvalue weighted by Gasteiger charge is 2.35. The van der Waals surface area contributed by atoms with E-state index in [0.717, 1.165) is 17.4 Å². The molecular formula is C21H20F4N6O3S2. The predicted octanol–water partition coefficient (Wildman–Crippen LogP) is 4.75. The first-order valence-corrected chi connectivity index (χ1v) is 12.8. The van der Waals surface area contributed by atoms with Gasteiger partial charge in [0.15, 0.2) is 5.82 Å². The first-order chi connectivity index (χ1) is 16.9. The Morgan fingerprint density at radius 2 is 1.83 bits per heavy atom. The number of aryl methyl sites for hydroxylation is 1. The van der Waals surface area contributed by atoms with Gasteiger partial charge < -0.3 is 4.74 Å². The van der Waals surface area contributed by atoms with Crippen molar-refractivity contribution < 1.29 is 30.7 Å². The highest BCUT2D eigenvalue weighted by Crippen LogP contribution is 2.35. The number of rotatable bonds is 8. The van der Waals surface area contributed by atoms with Gasteiger partial charge in [0.05, 0.1) is 10.9 Å². The molecule has 0 fully saturated rings.